The van der Waals surface area contributed by atoms with E-state index in [0.29, 0.717) is 27.5 Å². The van der Waals surface area contributed by atoms with E-state index >= 15 is 0 Å². The Balaban J connectivity index is 1.59. The summed E-state index contributed by atoms with van der Waals surface area (Å²) in [4.78, 5) is 12.3. The molecule has 0 bridgehead atoms. The van der Waals surface area contributed by atoms with Crippen LogP contribution in [-0.4, -0.2) is 30.2 Å². The van der Waals surface area contributed by atoms with E-state index in [9.17, 15) is 4.79 Å². The summed E-state index contributed by atoms with van der Waals surface area (Å²) in [7, 11) is 0. The third-order valence-corrected chi connectivity index (χ3v) is 4.77. The van der Waals surface area contributed by atoms with Gasteiger partial charge >= 0.3 is 0 Å². The zero-order valence-corrected chi connectivity index (χ0v) is 15.2. The number of halogens is 2. The molecule has 1 amide bonds. The number of benzene rings is 1. The molecule has 134 valence electrons. The molecule has 0 aliphatic carbocycles. The summed E-state index contributed by atoms with van der Waals surface area (Å²) in [5.41, 5.74) is 0.231. The second-order valence-corrected chi connectivity index (χ2v) is 6.88. The minimum atomic E-state index is -0.246. The molecule has 1 aromatic carbocycles. The summed E-state index contributed by atoms with van der Waals surface area (Å²) < 4.78 is 10.7. The van der Waals surface area contributed by atoms with E-state index in [-0.39, 0.29) is 24.2 Å². The van der Waals surface area contributed by atoms with Gasteiger partial charge in [-0.15, -0.1) is 0 Å². The summed E-state index contributed by atoms with van der Waals surface area (Å²) in [6.45, 7) is 3.97. The van der Waals surface area contributed by atoms with Gasteiger partial charge in [-0.3, -0.25) is 4.79 Å². The summed E-state index contributed by atoms with van der Waals surface area (Å²) in [6.07, 6.45) is 0.895. The molecule has 0 radical (unpaired) electrons. The molecular weight excluding hydrogens is 365 g/mol. The summed E-state index contributed by atoms with van der Waals surface area (Å²) in [6, 6.07) is 6.79. The topological polar surface area (TPSA) is 76.4 Å². The van der Waals surface area contributed by atoms with Gasteiger partial charge in [-0.05, 0) is 37.6 Å². The molecule has 2 aromatic rings. The van der Waals surface area contributed by atoms with Gasteiger partial charge in [0.2, 0.25) is 0 Å². The van der Waals surface area contributed by atoms with Crippen LogP contribution in [0, 0.1) is 5.92 Å². The van der Waals surface area contributed by atoms with Gasteiger partial charge in [-0.25, -0.2) is 0 Å². The van der Waals surface area contributed by atoms with Gasteiger partial charge in [0.1, 0.15) is 6.61 Å². The SMILES string of the molecule is CC1CNCCC1NC(=O)c1cc(COc2c(Cl)cccc2Cl)on1. The first-order valence-electron chi connectivity index (χ1n) is 8.08. The van der Waals surface area contributed by atoms with E-state index in [1.807, 2.05) is 0 Å². The third-order valence-electron chi connectivity index (χ3n) is 4.17. The summed E-state index contributed by atoms with van der Waals surface area (Å²) in [5.74, 6) is 0.913. The third kappa shape index (κ3) is 4.45. The van der Waals surface area contributed by atoms with Crippen LogP contribution in [0.3, 0.4) is 0 Å². The van der Waals surface area contributed by atoms with E-state index in [0.717, 1.165) is 19.5 Å². The Morgan fingerprint density at radius 3 is 2.92 bits per heavy atom. The first-order chi connectivity index (χ1) is 12.0. The summed E-state index contributed by atoms with van der Waals surface area (Å²) in [5, 5.41) is 10.9. The first kappa shape index (κ1) is 18.0. The van der Waals surface area contributed by atoms with E-state index in [1.54, 1.807) is 24.3 Å². The Bertz CT molecular complexity index is 730. The van der Waals surface area contributed by atoms with Gasteiger partial charge in [0.25, 0.3) is 5.91 Å². The minimum absolute atomic E-state index is 0.0769. The number of piperidine rings is 1. The van der Waals surface area contributed by atoms with Crippen molar-refractivity contribution in [2.45, 2.75) is 26.0 Å². The molecule has 1 saturated heterocycles. The fourth-order valence-electron chi connectivity index (χ4n) is 2.72. The van der Waals surface area contributed by atoms with E-state index in [4.69, 9.17) is 32.5 Å². The van der Waals surface area contributed by atoms with Crippen molar-refractivity contribution in [3.63, 3.8) is 0 Å². The van der Waals surface area contributed by atoms with Crippen molar-refractivity contribution in [3.05, 3.63) is 45.8 Å². The Morgan fingerprint density at radius 1 is 1.44 bits per heavy atom. The maximum absolute atomic E-state index is 12.3. The average molecular weight is 384 g/mol. The molecule has 0 saturated carbocycles. The molecule has 1 fully saturated rings. The van der Waals surface area contributed by atoms with Gasteiger partial charge in [0.05, 0.1) is 10.0 Å². The Morgan fingerprint density at radius 2 is 2.20 bits per heavy atom. The van der Waals surface area contributed by atoms with Crippen molar-refractivity contribution >= 4 is 29.1 Å². The van der Waals surface area contributed by atoms with Gasteiger partial charge in [-0.1, -0.05) is 41.3 Å². The van der Waals surface area contributed by atoms with Crippen LogP contribution in [0.2, 0.25) is 10.0 Å². The lowest BCUT2D eigenvalue weighted by Crippen LogP contribution is -2.48. The average Bonchev–Trinajstić information content (AvgIpc) is 3.05. The Hall–Kier alpha value is -1.76. The van der Waals surface area contributed by atoms with Crippen molar-refractivity contribution in [2.24, 2.45) is 5.92 Å². The Kier molecular flexibility index (Phi) is 5.83. The molecule has 2 atom stereocenters. The van der Waals surface area contributed by atoms with Crippen molar-refractivity contribution in [1.82, 2.24) is 15.8 Å². The number of nitrogens with one attached hydrogen (secondary N) is 2. The molecule has 1 aliphatic heterocycles. The fourth-order valence-corrected chi connectivity index (χ4v) is 3.23. The first-order valence-corrected chi connectivity index (χ1v) is 8.84. The number of carbonyl (C=O) groups is 1. The molecule has 2 N–H and O–H groups in total. The second-order valence-electron chi connectivity index (χ2n) is 6.07. The molecule has 6 nitrogen and oxygen atoms in total. The van der Waals surface area contributed by atoms with Crippen LogP contribution in [0.15, 0.2) is 28.8 Å². The molecular formula is C17H19Cl2N3O3. The van der Waals surface area contributed by atoms with E-state index in [2.05, 4.69) is 22.7 Å². The van der Waals surface area contributed by atoms with Crippen LogP contribution >= 0.6 is 23.2 Å². The molecule has 1 aromatic heterocycles. The van der Waals surface area contributed by atoms with Crippen molar-refractivity contribution in [2.75, 3.05) is 13.1 Å². The summed E-state index contributed by atoms with van der Waals surface area (Å²) >= 11 is 12.1. The zero-order valence-electron chi connectivity index (χ0n) is 13.7. The van der Waals surface area contributed by atoms with Crippen LogP contribution in [-0.2, 0) is 6.61 Å². The maximum atomic E-state index is 12.3. The van der Waals surface area contributed by atoms with Gasteiger partial charge in [0, 0.05) is 12.1 Å². The number of ether oxygens (including phenoxy) is 1. The molecule has 1 aliphatic rings. The lowest BCUT2D eigenvalue weighted by atomic mass is 9.95. The number of nitrogens with zero attached hydrogens (tertiary/aromatic N) is 1. The molecule has 3 rings (SSSR count). The highest BCUT2D eigenvalue weighted by molar-refractivity contribution is 6.37. The van der Waals surface area contributed by atoms with Crippen LogP contribution in [0.5, 0.6) is 5.75 Å². The van der Waals surface area contributed by atoms with Gasteiger partial charge in [-0.2, -0.15) is 0 Å². The molecule has 0 spiro atoms. The van der Waals surface area contributed by atoms with Crippen molar-refractivity contribution < 1.29 is 14.1 Å². The van der Waals surface area contributed by atoms with Gasteiger partial charge in [0.15, 0.2) is 17.2 Å². The molecule has 25 heavy (non-hydrogen) atoms. The second kappa shape index (κ2) is 8.08. The number of carbonyl (C=O) groups excluding carboxylic acids is 1. The lowest BCUT2D eigenvalue weighted by molar-refractivity contribution is 0.0904. The molecule has 2 unspecified atom stereocenters. The number of rotatable bonds is 5. The standard InChI is InChI=1S/C17H19Cl2N3O3/c1-10-8-20-6-5-14(10)21-17(23)15-7-11(25-22-15)9-24-16-12(18)3-2-4-13(16)19/h2-4,7,10,14,20H,5-6,8-9H2,1H3,(H,21,23). The van der Waals surface area contributed by atoms with Crippen LogP contribution < -0.4 is 15.4 Å². The Labute approximate surface area is 155 Å². The monoisotopic (exact) mass is 383 g/mol. The predicted molar refractivity (Wildman–Crippen MR) is 95.2 cm³/mol. The zero-order chi connectivity index (χ0) is 17.8. The number of hydrogen-bond donors (Lipinski definition) is 2. The quantitative estimate of drug-likeness (QED) is 0.828. The number of aromatic nitrogens is 1. The minimum Gasteiger partial charge on any atom is -0.482 e. The van der Waals surface area contributed by atoms with Crippen LogP contribution in [0.4, 0.5) is 0 Å². The highest BCUT2D eigenvalue weighted by Gasteiger charge is 2.24. The normalized spacial score (nSPS) is 20.3. The van der Waals surface area contributed by atoms with Crippen molar-refractivity contribution in [3.8, 4) is 5.75 Å². The van der Waals surface area contributed by atoms with Crippen molar-refractivity contribution in [1.29, 1.82) is 0 Å². The molecule has 8 heteroatoms. The van der Waals surface area contributed by atoms with E-state index < -0.39 is 0 Å². The number of hydrogen-bond acceptors (Lipinski definition) is 5. The highest BCUT2D eigenvalue weighted by Crippen LogP contribution is 2.32. The largest absolute Gasteiger partial charge is 0.482 e. The lowest BCUT2D eigenvalue weighted by Gasteiger charge is -2.29. The highest BCUT2D eigenvalue weighted by atomic mass is 35.5. The van der Waals surface area contributed by atoms with Crippen LogP contribution in [0.25, 0.3) is 0 Å². The maximum Gasteiger partial charge on any atom is 0.273 e. The number of amides is 1. The smallest absolute Gasteiger partial charge is 0.273 e. The fraction of sp³-hybridized carbons (Fsp3) is 0.412. The van der Waals surface area contributed by atoms with E-state index in [1.165, 1.54) is 0 Å². The van der Waals surface area contributed by atoms with Crippen LogP contribution in [0.1, 0.15) is 29.6 Å². The number of para-hydroxylation sites is 1. The molecule has 2 heterocycles. The van der Waals surface area contributed by atoms with Gasteiger partial charge < -0.3 is 19.9 Å². The predicted octanol–water partition coefficient (Wildman–Crippen LogP) is 3.29.